The molecule has 2 rings (SSSR count). The van der Waals surface area contributed by atoms with Gasteiger partial charge in [-0.1, -0.05) is 0 Å². The van der Waals surface area contributed by atoms with Gasteiger partial charge in [-0.25, -0.2) is 0 Å². The summed E-state index contributed by atoms with van der Waals surface area (Å²) in [5.41, 5.74) is 0. The quantitative estimate of drug-likeness (QED) is 0.520. The van der Waals surface area contributed by atoms with Gasteiger partial charge in [-0.3, -0.25) is 14.1 Å². The van der Waals surface area contributed by atoms with E-state index in [4.69, 9.17) is 0 Å². The van der Waals surface area contributed by atoms with Gasteiger partial charge in [0, 0.05) is 10.5 Å². The molecule has 0 aliphatic carbocycles. The second kappa shape index (κ2) is 3.20. The van der Waals surface area contributed by atoms with Crippen molar-refractivity contribution in [1.82, 2.24) is 9.80 Å². The van der Waals surface area contributed by atoms with Crippen LogP contribution in [0.15, 0.2) is 0 Å². The zero-order valence-corrected chi connectivity index (χ0v) is 8.28. The molecule has 0 amide bonds. The smallest absolute Gasteiger partial charge is 0.0377 e. The van der Waals surface area contributed by atoms with Crippen molar-refractivity contribution in [3.8, 4) is 0 Å². The zero-order chi connectivity index (χ0) is 8.60. The van der Waals surface area contributed by atoms with Gasteiger partial charge in [-0.15, -0.1) is 0 Å². The van der Waals surface area contributed by atoms with Crippen molar-refractivity contribution in [3.05, 3.63) is 14.1 Å². The van der Waals surface area contributed by atoms with Gasteiger partial charge in [0.05, 0.1) is 0 Å². The molecule has 2 nitrogen and oxygen atoms in total. The third-order valence-corrected chi connectivity index (χ3v) is 4.18. The summed E-state index contributed by atoms with van der Waals surface area (Å²) in [4.78, 5) is 4.39. The fraction of sp³-hybridized carbons (Fsp3) is 0.778. The predicted octanol–water partition coefficient (Wildman–Crippen LogP) is 1.06. The third kappa shape index (κ3) is 1.63. The summed E-state index contributed by atoms with van der Waals surface area (Å²) in [6, 6.07) is 0. The van der Waals surface area contributed by atoms with Crippen LogP contribution in [0.25, 0.3) is 0 Å². The molecule has 2 fully saturated rings. The number of likely N-dealkylation sites (tertiary alicyclic amines) is 1. The van der Waals surface area contributed by atoms with Gasteiger partial charge in [0.1, 0.15) is 0 Å². The minimum Gasteiger partial charge on any atom is -0.458 e. The van der Waals surface area contributed by atoms with Gasteiger partial charge >= 0.3 is 0 Å². The van der Waals surface area contributed by atoms with Crippen molar-refractivity contribution in [2.75, 3.05) is 31.9 Å². The highest BCUT2D eigenvalue weighted by Crippen LogP contribution is 2.38. The van der Waals surface area contributed by atoms with Crippen LogP contribution in [0.5, 0.6) is 0 Å². The largest absolute Gasteiger partial charge is 0.458 e. The van der Waals surface area contributed by atoms with E-state index in [-0.39, 0.29) is 0 Å². The van der Waals surface area contributed by atoms with E-state index in [9.17, 15) is 0 Å². The van der Waals surface area contributed by atoms with Gasteiger partial charge in [0.25, 0.3) is 0 Å². The molecule has 0 bridgehead atoms. The summed E-state index contributed by atoms with van der Waals surface area (Å²) in [5.74, 6) is 1.23. The Balaban J connectivity index is 2.00. The van der Waals surface area contributed by atoms with Crippen LogP contribution in [0.4, 0.5) is 0 Å². The summed E-state index contributed by atoms with van der Waals surface area (Å²) in [7, 11) is 8.02. The van der Waals surface area contributed by atoms with Gasteiger partial charge in [0.15, 0.2) is 0 Å². The highest BCUT2D eigenvalue weighted by Gasteiger charge is 2.36. The first-order chi connectivity index (χ1) is 5.70. The lowest BCUT2D eigenvalue weighted by Crippen LogP contribution is -2.45. The van der Waals surface area contributed by atoms with Crippen LogP contribution < -0.4 is 0 Å². The van der Waals surface area contributed by atoms with E-state index >= 15 is 0 Å². The van der Waals surface area contributed by atoms with E-state index in [1.165, 1.54) is 12.2 Å². The minimum absolute atomic E-state index is 0.460. The van der Waals surface area contributed by atoms with Crippen molar-refractivity contribution >= 4 is 11.8 Å². The Labute approximate surface area is 79.3 Å². The molecule has 70 valence electrons. The van der Waals surface area contributed by atoms with Gasteiger partial charge < -0.3 is 9.80 Å². The lowest BCUT2D eigenvalue weighted by atomic mass is 10.1. The fourth-order valence-corrected chi connectivity index (χ4v) is 3.66. The highest BCUT2D eigenvalue weighted by atomic mass is 32.2. The molecule has 0 saturated carbocycles. The molecule has 1 unspecified atom stereocenters. The summed E-state index contributed by atoms with van der Waals surface area (Å²) in [6.45, 7) is 4.58. The van der Waals surface area contributed by atoms with Crippen molar-refractivity contribution in [3.63, 3.8) is 0 Å². The normalized spacial score (nSPS) is 39.5. The molecule has 2 saturated heterocycles. The summed E-state index contributed by atoms with van der Waals surface area (Å²) >= 11 is 2.12. The van der Waals surface area contributed by atoms with Crippen LogP contribution in [0.1, 0.15) is 6.42 Å². The molecule has 0 radical (unpaired) electrons. The van der Waals surface area contributed by atoms with Crippen molar-refractivity contribution in [2.24, 2.45) is 0 Å². The van der Waals surface area contributed by atoms with E-state index in [0.29, 0.717) is 4.75 Å². The lowest BCUT2D eigenvalue weighted by molar-refractivity contribution is 0.324. The van der Waals surface area contributed by atoms with Crippen molar-refractivity contribution in [2.45, 2.75) is 11.2 Å². The van der Waals surface area contributed by atoms with E-state index in [0.717, 1.165) is 26.2 Å². The average Bonchev–Trinajstić information content (AvgIpc) is 2.32. The van der Waals surface area contributed by atoms with Gasteiger partial charge in [-0.2, -0.15) is 11.8 Å². The molecule has 0 aromatic heterocycles. The SMILES string of the molecule is [CH2-]N1CCSC2(CCN([CH2-])C2)C1. The third-order valence-electron chi connectivity index (χ3n) is 2.72. The van der Waals surface area contributed by atoms with Crippen LogP contribution in [-0.4, -0.2) is 46.5 Å². The number of hydrogen-bond donors (Lipinski definition) is 0. The van der Waals surface area contributed by atoms with Crippen LogP contribution in [0.3, 0.4) is 0 Å². The topological polar surface area (TPSA) is 6.48 Å². The molecule has 1 atom stereocenters. The molecule has 2 aliphatic rings. The first kappa shape index (κ1) is 8.85. The Bertz CT molecular complexity index is 170. The maximum Gasteiger partial charge on any atom is 0.0377 e. The van der Waals surface area contributed by atoms with Crippen LogP contribution in [-0.2, 0) is 0 Å². The Morgan fingerprint density at radius 1 is 1.08 bits per heavy atom. The average molecular weight is 184 g/mol. The standard InChI is InChI=1S/C9H16N2S/c1-10-4-3-9(7-10)8-11(2)5-6-12-9/h1-8H2/q-2. The minimum atomic E-state index is 0.460. The Morgan fingerprint density at radius 3 is 2.33 bits per heavy atom. The molecule has 1 spiro atoms. The molecule has 2 aliphatic heterocycles. The molecule has 0 aromatic rings. The summed E-state index contributed by atoms with van der Waals surface area (Å²) in [5, 5.41) is 0. The summed E-state index contributed by atoms with van der Waals surface area (Å²) < 4.78 is 0.460. The molecular formula is C9H16N2S-2. The second-order valence-electron chi connectivity index (χ2n) is 3.89. The second-order valence-corrected chi connectivity index (χ2v) is 5.45. The van der Waals surface area contributed by atoms with Crippen LogP contribution in [0, 0.1) is 14.1 Å². The molecule has 12 heavy (non-hydrogen) atoms. The number of thioether (sulfide) groups is 1. The molecule has 0 aromatic carbocycles. The van der Waals surface area contributed by atoms with Gasteiger partial charge in [-0.05, 0) is 32.6 Å². The van der Waals surface area contributed by atoms with E-state index in [2.05, 4.69) is 35.7 Å². The molecule has 2 heterocycles. The van der Waals surface area contributed by atoms with E-state index in [1.807, 2.05) is 0 Å². The van der Waals surface area contributed by atoms with Gasteiger partial charge in [0.2, 0.25) is 0 Å². The molecular weight excluding hydrogens is 168 g/mol. The van der Waals surface area contributed by atoms with E-state index < -0.39 is 0 Å². The van der Waals surface area contributed by atoms with Crippen LogP contribution in [0.2, 0.25) is 0 Å². The highest BCUT2D eigenvalue weighted by molar-refractivity contribution is 8.00. The first-order valence-electron chi connectivity index (χ1n) is 4.45. The molecule has 0 N–H and O–H groups in total. The fourth-order valence-electron chi connectivity index (χ4n) is 2.10. The Hall–Kier alpha value is 0.270. The lowest BCUT2D eigenvalue weighted by Gasteiger charge is -2.43. The Kier molecular flexibility index (Phi) is 2.36. The maximum atomic E-state index is 4.02. The first-order valence-corrected chi connectivity index (χ1v) is 5.44. The number of hydrogen-bond acceptors (Lipinski definition) is 3. The van der Waals surface area contributed by atoms with Crippen molar-refractivity contribution in [1.29, 1.82) is 0 Å². The maximum absolute atomic E-state index is 4.02. The Morgan fingerprint density at radius 2 is 1.75 bits per heavy atom. The predicted molar refractivity (Wildman–Crippen MR) is 53.7 cm³/mol. The number of nitrogens with zero attached hydrogens (tertiary/aromatic N) is 2. The van der Waals surface area contributed by atoms with Crippen molar-refractivity contribution < 1.29 is 0 Å². The van der Waals surface area contributed by atoms with E-state index in [1.54, 1.807) is 0 Å². The monoisotopic (exact) mass is 184 g/mol. The summed E-state index contributed by atoms with van der Waals surface area (Å²) in [6.07, 6.45) is 1.28. The van der Waals surface area contributed by atoms with Crippen LogP contribution >= 0.6 is 11.8 Å². The number of rotatable bonds is 0. The molecule has 3 heteroatoms. The zero-order valence-electron chi connectivity index (χ0n) is 7.46.